The van der Waals surface area contributed by atoms with Gasteiger partial charge in [0, 0.05) is 29.3 Å². The van der Waals surface area contributed by atoms with Gasteiger partial charge in [-0.25, -0.2) is 0 Å². The molecule has 0 atom stereocenters. The second-order valence-corrected chi connectivity index (χ2v) is 7.54. The van der Waals surface area contributed by atoms with Gasteiger partial charge in [-0.2, -0.15) is 0 Å². The third-order valence-corrected chi connectivity index (χ3v) is 4.33. The Morgan fingerprint density at radius 1 is 0.964 bits per heavy atom. The summed E-state index contributed by atoms with van der Waals surface area (Å²) >= 11 is 0. The van der Waals surface area contributed by atoms with E-state index in [4.69, 9.17) is 4.74 Å². The molecule has 0 aliphatic rings. The summed E-state index contributed by atoms with van der Waals surface area (Å²) in [6.45, 7) is 6.36. The molecule has 144 valence electrons. The molecule has 28 heavy (non-hydrogen) atoms. The predicted molar refractivity (Wildman–Crippen MR) is 114 cm³/mol. The number of hydrogen-bond donors (Lipinski definition) is 2. The highest BCUT2D eigenvalue weighted by Crippen LogP contribution is 2.29. The van der Waals surface area contributed by atoms with Crippen molar-refractivity contribution in [2.75, 3.05) is 17.7 Å². The summed E-state index contributed by atoms with van der Waals surface area (Å²) < 4.78 is 5.24. The van der Waals surface area contributed by atoms with Crippen molar-refractivity contribution in [1.82, 2.24) is 4.98 Å². The van der Waals surface area contributed by atoms with Crippen molar-refractivity contribution in [2.24, 2.45) is 0 Å². The Hall–Kier alpha value is -3.34. The zero-order chi connectivity index (χ0) is 20.1. The van der Waals surface area contributed by atoms with Crippen LogP contribution in [0.5, 0.6) is 5.75 Å². The summed E-state index contributed by atoms with van der Waals surface area (Å²) in [7, 11) is 1.63. The van der Waals surface area contributed by atoms with E-state index < -0.39 is 0 Å². The number of carbonyl (C=O) groups excluding carboxylic acids is 1. The van der Waals surface area contributed by atoms with E-state index in [9.17, 15) is 4.79 Å². The predicted octanol–water partition coefficient (Wildman–Crippen LogP) is 5.38. The number of amides is 1. The maximum Gasteiger partial charge on any atom is 0.274 e. The van der Waals surface area contributed by atoms with Gasteiger partial charge in [-0.05, 0) is 41.3 Å². The van der Waals surface area contributed by atoms with Gasteiger partial charge in [0.15, 0.2) is 0 Å². The Bertz CT molecular complexity index is 977. The molecule has 1 aromatic heterocycles. The molecule has 0 radical (unpaired) electrons. The van der Waals surface area contributed by atoms with E-state index in [2.05, 4.69) is 36.4 Å². The lowest BCUT2D eigenvalue weighted by atomic mass is 9.86. The lowest BCUT2D eigenvalue weighted by molar-refractivity contribution is 0.102. The zero-order valence-corrected chi connectivity index (χ0v) is 16.6. The van der Waals surface area contributed by atoms with Gasteiger partial charge >= 0.3 is 0 Å². The molecule has 0 saturated heterocycles. The van der Waals surface area contributed by atoms with Crippen molar-refractivity contribution in [3.05, 3.63) is 78.1 Å². The number of pyridine rings is 1. The van der Waals surface area contributed by atoms with Crippen molar-refractivity contribution < 1.29 is 9.53 Å². The minimum absolute atomic E-state index is 0.0763. The molecule has 0 fully saturated rings. The average molecular weight is 375 g/mol. The molecule has 0 bridgehead atoms. The van der Waals surface area contributed by atoms with Crippen LogP contribution in [-0.2, 0) is 5.41 Å². The number of nitrogens with one attached hydrogen (secondary N) is 2. The normalized spacial score (nSPS) is 11.0. The monoisotopic (exact) mass is 375 g/mol. The van der Waals surface area contributed by atoms with Crippen LogP contribution in [0.4, 0.5) is 17.1 Å². The van der Waals surface area contributed by atoms with Crippen molar-refractivity contribution in [3.63, 3.8) is 0 Å². The Labute approximate surface area is 165 Å². The Morgan fingerprint density at radius 3 is 2.46 bits per heavy atom. The number of anilines is 3. The fourth-order valence-corrected chi connectivity index (χ4v) is 2.93. The molecule has 1 heterocycles. The number of hydrogen-bond acceptors (Lipinski definition) is 4. The molecule has 5 nitrogen and oxygen atoms in total. The maximum absolute atomic E-state index is 12.8. The van der Waals surface area contributed by atoms with Gasteiger partial charge in [-0.3, -0.25) is 9.78 Å². The molecule has 2 aromatic carbocycles. The van der Waals surface area contributed by atoms with E-state index in [1.807, 2.05) is 54.6 Å². The second kappa shape index (κ2) is 8.13. The number of rotatable bonds is 5. The first kappa shape index (κ1) is 19.4. The zero-order valence-electron chi connectivity index (χ0n) is 16.6. The summed E-state index contributed by atoms with van der Waals surface area (Å²) in [6, 6.07) is 19.0. The summed E-state index contributed by atoms with van der Waals surface area (Å²) in [6.07, 6.45) is 1.62. The molecule has 0 aliphatic heterocycles. The standard InChI is InChI=1S/C23H25N3O2/c1-23(2,3)19-10-5-6-11-20(19)26-22(27)21-15-17(12-13-24-21)25-16-8-7-9-18(14-16)28-4/h5-15H,1-4H3,(H,24,25)(H,26,27). The molecule has 5 heteroatoms. The number of carbonyl (C=O) groups is 1. The molecule has 1 amide bonds. The molecule has 3 aromatic rings. The van der Waals surface area contributed by atoms with E-state index in [1.54, 1.807) is 19.4 Å². The largest absolute Gasteiger partial charge is 0.497 e. The topological polar surface area (TPSA) is 63.2 Å². The van der Waals surface area contributed by atoms with Gasteiger partial charge in [0.25, 0.3) is 5.91 Å². The number of benzene rings is 2. The van der Waals surface area contributed by atoms with E-state index in [-0.39, 0.29) is 11.3 Å². The van der Waals surface area contributed by atoms with Crippen LogP contribution in [0.2, 0.25) is 0 Å². The fourth-order valence-electron chi connectivity index (χ4n) is 2.93. The van der Waals surface area contributed by atoms with Gasteiger partial charge in [0.05, 0.1) is 7.11 Å². The van der Waals surface area contributed by atoms with Gasteiger partial charge < -0.3 is 15.4 Å². The van der Waals surface area contributed by atoms with Crippen LogP contribution in [0.3, 0.4) is 0 Å². The van der Waals surface area contributed by atoms with Gasteiger partial charge in [-0.15, -0.1) is 0 Å². The number of aromatic nitrogens is 1. The highest BCUT2D eigenvalue weighted by Gasteiger charge is 2.19. The minimum Gasteiger partial charge on any atom is -0.497 e. The second-order valence-electron chi connectivity index (χ2n) is 7.54. The Balaban J connectivity index is 1.80. The smallest absolute Gasteiger partial charge is 0.274 e. The van der Waals surface area contributed by atoms with Crippen LogP contribution in [0.1, 0.15) is 36.8 Å². The molecule has 2 N–H and O–H groups in total. The van der Waals surface area contributed by atoms with E-state index in [0.717, 1.165) is 28.4 Å². The lowest BCUT2D eigenvalue weighted by Crippen LogP contribution is -2.19. The summed E-state index contributed by atoms with van der Waals surface area (Å²) in [5.74, 6) is 0.516. The molecule has 3 rings (SSSR count). The molecule has 0 aliphatic carbocycles. The van der Waals surface area contributed by atoms with Crippen LogP contribution in [0.25, 0.3) is 0 Å². The van der Waals surface area contributed by atoms with E-state index in [1.165, 1.54) is 0 Å². The summed E-state index contributed by atoms with van der Waals surface area (Å²) in [5, 5.41) is 6.27. The molecule has 0 unspecified atom stereocenters. The number of methoxy groups -OCH3 is 1. The number of para-hydroxylation sites is 1. The first-order valence-corrected chi connectivity index (χ1v) is 9.15. The van der Waals surface area contributed by atoms with Crippen molar-refractivity contribution in [3.8, 4) is 5.75 Å². The SMILES string of the molecule is COc1cccc(Nc2ccnc(C(=O)Nc3ccccc3C(C)(C)C)c2)c1. The number of nitrogens with zero attached hydrogens (tertiary/aromatic N) is 1. The summed E-state index contributed by atoms with van der Waals surface area (Å²) in [4.78, 5) is 17.0. The van der Waals surface area contributed by atoms with Crippen LogP contribution in [0.15, 0.2) is 66.9 Å². The van der Waals surface area contributed by atoms with Crippen molar-refractivity contribution in [2.45, 2.75) is 26.2 Å². The highest BCUT2D eigenvalue weighted by molar-refractivity contribution is 6.04. The average Bonchev–Trinajstić information content (AvgIpc) is 2.68. The van der Waals surface area contributed by atoms with Crippen LogP contribution >= 0.6 is 0 Å². The van der Waals surface area contributed by atoms with Crippen molar-refractivity contribution in [1.29, 1.82) is 0 Å². The minimum atomic E-state index is -0.244. The number of ether oxygens (including phenoxy) is 1. The van der Waals surface area contributed by atoms with Gasteiger partial charge in [0.1, 0.15) is 11.4 Å². The fraction of sp³-hybridized carbons (Fsp3) is 0.217. The first-order chi connectivity index (χ1) is 13.4. The quantitative estimate of drug-likeness (QED) is 0.628. The van der Waals surface area contributed by atoms with Crippen LogP contribution in [0, 0.1) is 0 Å². The molecule has 0 spiro atoms. The highest BCUT2D eigenvalue weighted by atomic mass is 16.5. The van der Waals surface area contributed by atoms with E-state index in [0.29, 0.717) is 5.69 Å². The Morgan fingerprint density at radius 2 is 1.71 bits per heavy atom. The maximum atomic E-state index is 12.8. The molecular weight excluding hydrogens is 350 g/mol. The van der Waals surface area contributed by atoms with Crippen LogP contribution < -0.4 is 15.4 Å². The molecular formula is C23H25N3O2. The first-order valence-electron chi connectivity index (χ1n) is 9.15. The van der Waals surface area contributed by atoms with Crippen molar-refractivity contribution >= 4 is 23.0 Å². The molecule has 0 saturated carbocycles. The third kappa shape index (κ3) is 4.68. The lowest BCUT2D eigenvalue weighted by Gasteiger charge is -2.23. The van der Waals surface area contributed by atoms with E-state index >= 15 is 0 Å². The van der Waals surface area contributed by atoms with Crippen LogP contribution in [-0.4, -0.2) is 18.0 Å². The van der Waals surface area contributed by atoms with Gasteiger partial charge in [-0.1, -0.05) is 45.0 Å². The summed E-state index contributed by atoms with van der Waals surface area (Å²) in [5.41, 5.74) is 3.79. The Kier molecular flexibility index (Phi) is 5.64. The third-order valence-electron chi connectivity index (χ3n) is 4.33. The van der Waals surface area contributed by atoms with Gasteiger partial charge in [0.2, 0.25) is 0 Å².